The van der Waals surface area contributed by atoms with Gasteiger partial charge in [0.05, 0.1) is 0 Å². The highest BCUT2D eigenvalue weighted by Crippen LogP contribution is 2.16. The molecule has 0 radical (unpaired) electrons. The van der Waals surface area contributed by atoms with E-state index in [-0.39, 0.29) is 0 Å². The summed E-state index contributed by atoms with van der Waals surface area (Å²) in [4.78, 5) is 5.06. The van der Waals surface area contributed by atoms with Gasteiger partial charge in [-0.1, -0.05) is 46.0 Å². The number of hydrogen-bond acceptors (Lipinski definition) is 3. The predicted molar refractivity (Wildman–Crippen MR) is 94.0 cm³/mol. The predicted octanol–water partition coefficient (Wildman–Crippen LogP) is 3.35. The first kappa shape index (κ1) is 18.9. The van der Waals surface area contributed by atoms with Gasteiger partial charge in [0.2, 0.25) is 0 Å². The van der Waals surface area contributed by atoms with Gasteiger partial charge < -0.3 is 15.1 Å². The molecule has 1 aliphatic rings. The normalized spacial score (nSPS) is 22.6. The lowest BCUT2D eigenvalue weighted by Crippen LogP contribution is -2.52. The molecule has 0 aromatic rings. The Morgan fingerprint density at radius 2 is 1.76 bits per heavy atom. The van der Waals surface area contributed by atoms with Crippen LogP contribution < -0.4 is 5.32 Å². The lowest BCUT2D eigenvalue weighted by molar-refractivity contribution is 0.0998. The van der Waals surface area contributed by atoms with Gasteiger partial charge >= 0.3 is 0 Å². The van der Waals surface area contributed by atoms with Gasteiger partial charge in [-0.2, -0.15) is 0 Å². The van der Waals surface area contributed by atoms with Gasteiger partial charge in [-0.25, -0.2) is 0 Å². The smallest absolute Gasteiger partial charge is 0.0235 e. The molecule has 126 valence electrons. The van der Waals surface area contributed by atoms with E-state index in [1.54, 1.807) is 0 Å². The molecule has 2 atom stereocenters. The SMILES string of the molecule is CCCCCCCC(CC1CN(C)CCN1C)NCCC. The zero-order chi connectivity index (χ0) is 15.5. The summed E-state index contributed by atoms with van der Waals surface area (Å²) in [6, 6.07) is 1.44. The quantitative estimate of drug-likeness (QED) is 0.590. The fraction of sp³-hybridized carbons (Fsp3) is 1.00. The first-order valence-electron chi connectivity index (χ1n) is 9.29. The van der Waals surface area contributed by atoms with Crippen LogP contribution in [0.4, 0.5) is 0 Å². The van der Waals surface area contributed by atoms with Gasteiger partial charge in [-0.05, 0) is 39.9 Å². The molecule has 2 unspecified atom stereocenters. The van der Waals surface area contributed by atoms with Crippen LogP contribution in [0.15, 0.2) is 0 Å². The number of unbranched alkanes of at least 4 members (excludes halogenated alkanes) is 4. The molecule has 1 rings (SSSR count). The van der Waals surface area contributed by atoms with Crippen molar-refractivity contribution in [1.82, 2.24) is 15.1 Å². The van der Waals surface area contributed by atoms with Crippen LogP contribution in [-0.4, -0.2) is 62.2 Å². The van der Waals surface area contributed by atoms with Crippen LogP contribution in [0.3, 0.4) is 0 Å². The molecule has 0 aromatic carbocycles. The Hall–Kier alpha value is -0.120. The maximum Gasteiger partial charge on any atom is 0.0235 e. The second-order valence-electron chi connectivity index (χ2n) is 6.99. The highest BCUT2D eigenvalue weighted by Gasteiger charge is 2.24. The van der Waals surface area contributed by atoms with E-state index < -0.39 is 0 Å². The number of nitrogens with zero attached hydrogens (tertiary/aromatic N) is 2. The summed E-state index contributed by atoms with van der Waals surface area (Å²) in [6.45, 7) is 9.41. The second-order valence-corrected chi connectivity index (χ2v) is 6.99. The van der Waals surface area contributed by atoms with Crippen molar-refractivity contribution in [1.29, 1.82) is 0 Å². The Bertz CT molecular complexity index is 245. The Morgan fingerprint density at radius 3 is 2.48 bits per heavy atom. The minimum atomic E-state index is 0.713. The van der Waals surface area contributed by atoms with Crippen molar-refractivity contribution < 1.29 is 0 Å². The van der Waals surface area contributed by atoms with Crippen LogP contribution in [-0.2, 0) is 0 Å². The molecular formula is C18H39N3. The molecule has 0 amide bonds. The van der Waals surface area contributed by atoms with E-state index in [1.807, 2.05) is 0 Å². The summed E-state index contributed by atoms with van der Waals surface area (Å²) < 4.78 is 0. The molecule has 0 saturated carbocycles. The molecule has 1 saturated heterocycles. The van der Waals surface area contributed by atoms with Crippen molar-refractivity contribution in [3.8, 4) is 0 Å². The molecular weight excluding hydrogens is 258 g/mol. The van der Waals surface area contributed by atoms with E-state index in [0.717, 1.165) is 6.04 Å². The van der Waals surface area contributed by atoms with Crippen molar-refractivity contribution >= 4 is 0 Å². The molecule has 3 heteroatoms. The number of likely N-dealkylation sites (N-methyl/N-ethyl adjacent to an activating group) is 2. The van der Waals surface area contributed by atoms with Gasteiger partial charge in [0.15, 0.2) is 0 Å². The van der Waals surface area contributed by atoms with E-state index in [1.165, 1.54) is 77.5 Å². The molecule has 21 heavy (non-hydrogen) atoms. The topological polar surface area (TPSA) is 18.5 Å². The fourth-order valence-corrected chi connectivity index (χ4v) is 3.33. The third-order valence-electron chi connectivity index (χ3n) is 4.88. The fourth-order valence-electron chi connectivity index (χ4n) is 3.33. The summed E-state index contributed by atoms with van der Waals surface area (Å²) in [5.74, 6) is 0. The van der Waals surface area contributed by atoms with E-state index in [0.29, 0.717) is 6.04 Å². The van der Waals surface area contributed by atoms with E-state index in [9.17, 15) is 0 Å². The molecule has 1 heterocycles. The Labute approximate surface area is 133 Å². The second kappa shape index (κ2) is 11.4. The summed E-state index contributed by atoms with van der Waals surface area (Å²) in [7, 11) is 4.56. The Morgan fingerprint density at radius 1 is 1.00 bits per heavy atom. The lowest BCUT2D eigenvalue weighted by atomic mass is 9.98. The standard InChI is InChI=1S/C18H39N3/c1-5-7-8-9-10-11-17(19-12-6-2)15-18-16-20(3)13-14-21(18)4/h17-19H,5-16H2,1-4H3. The third-order valence-corrected chi connectivity index (χ3v) is 4.88. The van der Waals surface area contributed by atoms with Crippen molar-refractivity contribution in [2.24, 2.45) is 0 Å². The monoisotopic (exact) mass is 297 g/mol. The molecule has 0 aromatic heterocycles. The largest absolute Gasteiger partial charge is 0.314 e. The molecule has 1 aliphatic heterocycles. The van der Waals surface area contributed by atoms with Crippen molar-refractivity contribution in [3.63, 3.8) is 0 Å². The maximum absolute atomic E-state index is 3.80. The van der Waals surface area contributed by atoms with E-state index >= 15 is 0 Å². The highest BCUT2D eigenvalue weighted by molar-refractivity contribution is 4.83. The third kappa shape index (κ3) is 8.18. The van der Waals surface area contributed by atoms with Gasteiger partial charge in [-0.3, -0.25) is 0 Å². The molecule has 0 spiro atoms. The van der Waals surface area contributed by atoms with E-state index in [2.05, 4.69) is 43.1 Å². The van der Waals surface area contributed by atoms with Crippen LogP contribution in [0.1, 0.15) is 65.2 Å². The van der Waals surface area contributed by atoms with Crippen LogP contribution in [0.25, 0.3) is 0 Å². The molecule has 1 N–H and O–H groups in total. The molecule has 0 aliphatic carbocycles. The lowest BCUT2D eigenvalue weighted by Gasteiger charge is -2.39. The molecule has 3 nitrogen and oxygen atoms in total. The minimum absolute atomic E-state index is 0.713. The zero-order valence-electron chi connectivity index (χ0n) is 15.0. The Balaban J connectivity index is 2.33. The molecule has 0 bridgehead atoms. The maximum atomic E-state index is 3.80. The van der Waals surface area contributed by atoms with Crippen molar-refractivity contribution in [2.75, 3.05) is 40.3 Å². The summed E-state index contributed by atoms with van der Waals surface area (Å²) >= 11 is 0. The average Bonchev–Trinajstić information content (AvgIpc) is 2.47. The summed E-state index contributed by atoms with van der Waals surface area (Å²) in [5, 5.41) is 3.80. The number of hydrogen-bond donors (Lipinski definition) is 1. The summed E-state index contributed by atoms with van der Waals surface area (Å²) in [5.41, 5.74) is 0. The first-order valence-corrected chi connectivity index (χ1v) is 9.29. The van der Waals surface area contributed by atoms with E-state index in [4.69, 9.17) is 0 Å². The Kier molecular flexibility index (Phi) is 10.3. The molecule has 1 fully saturated rings. The number of piperazine rings is 1. The van der Waals surface area contributed by atoms with Gasteiger partial charge in [-0.15, -0.1) is 0 Å². The zero-order valence-corrected chi connectivity index (χ0v) is 15.0. The highest BCUT2D eigenvalue weighted by atomic mass is 15.3. The number of nitrogens with one attached hydrogen (secondary N) is 1. The van der Waals surface area contributed by atoms with Gasteiger partial charge in [0, 0.05) is 31.7 Å². The minimum Gasteiger partial charge on any atom is -0.314 e. The van der Waals surface area contributed by atoms with Crippen LogP contribution in [0.5, 0.6) is 0 Å². The van der Waals surface area contributed by atoms with Gasteiger partial charge in [0.1, 0.15) is 0 Å². The van der Waals surface area contributed by atoms with Gasteiger partial charge in [0.25, 0.3) is 0 Å². The first-order chi connectivity index (χ1) is 10.2. The summed E-state index contributed by atoms with van der Waals surface area (Å²) in [6.07, 6.45) is 10.9. The van der Waals surface area contributed by atoms with Crippen LogP contribution >= 0.6 is 0 Å². The van der Waals surface area contributed by atoms with Crippen molar-refractivity contribution in [3.05, 3.63) is 0 Å². The van der Waals surface area contributed by atoms with Crippen molar-refractivity contribution in [2.45, 2.75) is 77.3 Å². The van der Waals surface area contributed by atoms with Crippen LogP contribution in [0, 0.1) is 0 Å². The van der Waals surface area contributed by atoms with Crippen LogP contribution in [0.2, 0.25) is 0 Å². The number of rotatable bonds is 11. The average molecular weight is 298 g/mol.